The van der Waals surface area contributed by atoms with Gasteiger partial charge in [0.2, 0.25) is 0 Å². The van der Waals surface area contributed by atoms with Gasteiger partial charge in [-0.1, -0.05) is 0 Å². The molecule has 120 valence electrons. The normalized spacial score (nSPS) is 30.6. The highest BCUT2D eigenvalue weighted by atomic mass is 19.4. The first kappa shape index (κ1) is 15.9. The molecule has 0 aromatic heterocycles. The Kier molecular flexibility index (Phi) is 4.31. The summed E-state index contributed by atoms with van der Waals surface area (Å²) in [6.45, 7) is -0.450. The van der Waals surface area contributed by atoms with Crippen molar-refractivity contribution in [2.75, 3.05) is 19.6 Å². The molecular formula is C12H17F3N2O4. The maximum Gasteiger partial charge on any atom is 0.393 e. The lowest BCUT2D eigenvalue weighted by atomic mass is 9.98. The minimum Gasteiger partial charge on any atom is -0.480 e. The maximum atomic E-state index is 12.7. The molecule has 2 aliphatic rings. The molecule has 0 radical (unpaired) electrons. The van der Waals surface area contributed by atoms with Crippen LogP contribution in [0.1, 0.15) is 19.3 Å². The number of aliphatic hydroxyl groups is 1. The Bertz CT molecular complexity index is 429. The van der Waals surface area contributed by atoms with Gasteiger partial charge >= 0.3 is 18.2 Å². The van der Waals surface area contributed by atoms with Gasteiger partial charge in [-0.3, -0.25) is 0 Å². The van der Waals surface area contributed by atoms with Crippen LogP contribution in [0.15, 0.2) is 0 Å². The number of carbonyl (C=O) groups is 2. The first-order valence-corrected chi connectivity index (χ1v) is 6.73. The monoisotopic (exact) mass is 310 g/mol. The number of rotatable bonds is 1. The van der Waals surface area contributed by atoms with Gasteiger partial charge in [0, 0.05) is 26.1 Å². The Morgan fingerprint density at radius 2 is 1.86 bits per heavy atom. The summed E-state index contributed by atoms with van der Waals surface area (Å²) in [7, 11) is 0. The van der Waals surface area contributed by atoms with Crippen LogP contribution in [0, 0.1) is 5.92 Å². The lowest BCUT2D eigenvalue weighted by molar-refractivity contribution is -0.184. The standard InChI is InChI=1S/C12H17F3N2O4/c13-12(14,15)7-2-1-3-16(5-7)11(21)17-6-8(18)4-9(17)10(19)20/h7-9,18H,1-6H2,(H,19,20). The molecule has 0 spiro atoms. The van der Waals surface area contributed by atoms with Crippen molar-refractivity contribution in [2.45, 2.75) is 37.6 Å². The zero-order valence-electron chi connectivity index (χ0n) is 11.2. The van der Waals surface area contributed by atoms with Gasteiger partial charge in [0.15, 0.2) is 0 Å². The number of hydrogen-bond donors (Lipinski definition) is 2. The summed E-state index contributed by atoms with van der Waals surface area (Å²) in [6, 6.07) is -1.92. The molecule has 2 aliphatic heterocycles. The van der Waals surface area contributed by atoms with Crippen LogP contribution in [0.2, 0.25) is 0 Å². The number of amides is 2. The molecule has 0 saturated carbocycles. The molecule has 2 N–H and O–H groups in total. The third kappa shape index (κ3) is 3.39. The van der Waals surface area contributed by atoms with Crippen molar-refractivity contribution in [1.82, 2.24) is 9.80 Å². The average molecular weight is 310 g/mol. The number of carbonyl (C=O) groups excluding carboxylic acids is 1. The minimum atomic E-state index is -4.37. The van der Waals surface area contributed by atoms with E-state index >= 15 is 0 Å². The second kappa shape index (κ2) is 5.70. The van der Waals surface area contributed by atoms with Crippen LogP contribution >= 0.6 is 0 Å². The molecule has 2 saturated heterocycles. The van der Waals surface area contributed by atoms with E-state index in [2.05, 4.69) is 0 Å². The van der Waals surface area contributed by atoms with Crippen molar-refractivity contribution in [1.29, 1.82) is 0 Å². The predicted octanol–water partition coefficient (Wildman–Crippen LogP) is 0.900. The Hall–Kier alpha value is -1.51. The Morgan fingerprint density at radius 1 is 1.19 bits per heavy atom. The van der Waals surface area contributed by atoms with Crippen molar-refractivity contribution in [3.63, 3.8) is 0 Å². The molecule has 0 aliphatic carbocycles. The molecule has 3 atom stereocenters. The van der Waals surface area contributed by atoms with Crippen LogP contribution < -0.4 is 0 Å². The van der Waals surface area contributed by atoms with Crippen molar-refractivity contribution >= 4 is 12.0 Å². The van der Waals surface area contributed by atoms with E-state index in [-0.39, 0.29) is 32.4 Å². The second-order valence-electron chi connectivity index (χ2n) is 5.51. The molecule has 2 amide bonds. The zero-order chi connectivity index (χ0) is 15.8. The minimum absolute atomic E-state index is 0.0295. The number of β-amino-alcohol motifs (C(OH)–C–C–N with tert-alkyl or cyclic N) is 1. The van der Waals surface area contributed by atoms with Crippen LogP contribution in [-0.2, 0) is 4.79 Å². The van der Waals surface area contributed by atoms with Crippen LogP contribution in [0.4, 0.5) is 18.0 Å². The quantitative estimate of drug-likeness (QED) is 0.754. The summed E-state index contributed by atoms with van der Waals surface area (Å²) in [5, 5.41) is 18.5. The SMILES string of the molecule is O=C(O)C1CC(O)CN1C(=O)N1CCCC(C(F)(F)F)C1. The van der Waals surface area contributed by atoms with E-state index in [9.17, 15) is 27.9 Å². The highest BCUT2D eigenvalue weighted by Gasteiger charge is 2.45. The average Bonchev–Trinajstić information content (AvgIpc) is 2.79. The van der Waals surface area contributed by atoms with E-state index in [1.807, 2.05) is 0 Å². The van der Waals surface area contributed by atoms with Crippen molar-refractivity contribution < 1.29 is 33.0 Å². The number of urea groups is 1. The molecule has 3 unspecified atom stereocenters. The zero-order valence-corrected chi connectivity index (χ0v) is 11.2. The number of carboxylic acids is 1. The number of hydrogen-bond acceptors (Lipinski definition) is 3. The smallest absolute Gasteiger partial charge is 0.393 e. The largest absolute Gasteiger partial charge is 0.480 e. The van der Waals surface area contributed by atoms with Crippen molar-refractivity contribution in [2.24, 2.45) is 5.92 Å². The van der Waals surface area contributed by atoms with E-state index in [1.165, 1.54) is 0 Å². The molecular weight excluding hydrogens is 293 g/mol. The highest BCUT2D eigenvalue weighted by Crippen LogP contribution is 2.34. The summed E-state index contributed by atoms with van der Waals surface area (Å²) in [4.78, 5) is 25.3. The maximum absolute atomic E-state index is 12.7. The van der Waals surface area contributed by atoms with Gasteiger partial charge in [-0.05, 0) is 12.8 Å². The number of nitrogens with zero attached hydrogens (tertiary/aromatic N) is 2. The Labute approximate surface area is 119 Å². The summed E-state index contributed by atoms with van der Waals surface area (Å²) < 4.78 is 38.2. The fourth-order valence-corrected chi connectivity index (χ4v) is 2.86. The van der Waals surface area contributed by atoms with Crippen LogP contribution in [0.25, 0.3) is 0 Å². The fourth-order valence-electron chi connectivity index (χ4n) is 2.86. The van der Waals surface area contributed by atoms with E-state index in [0.717, 1.165) is 9.80 Å². The van der Waals surface area contributed by atoms with E-state index in [1.54, 1.807) is 0 Å². The third-order valence-electron chi connectivity index (χ3n) is 3.96. The fraction of sp³-hybridized carbons (Fsp3) is 0.833. The molecule has 2 heterocycles. The van der Waals surface area contributed by atoms with Crippen LogP contribution in [-0.4, -0.2) is 70.0 Å². The first-order valence-electron chi connectivity index (χ1n) is 6.73. The number of carboxylic acid groups (broad SMARTS) is 1. The number of alkyl halides is 3. The van der Waals surface area contributed by atoms with Gasteiger partial charge in [0.25, 0.3) is 0 Å². The van der Waals surface area contributed by atoms with Gasteiger partial charge in [0.1, 0.15) is 6.04 Å². The summed E-state index contributed by atoms with van der Waals surface area (Å²) in [6.07, 6.45) is -5.23. The summed E-state index contributed by atoms with van der Waals surface area (Å²) in [5.74, 6) is -2.84. The Morgan fingerprint density at radius 3 is 2.43 bits per heavy atom. The third-order valence-corrected chi connectivity index (χ3v) is 3.96. The molecule has 2 rings (SSSR count). The predicted molar refractivity (Wildman–Crippen MR) is 64.5 cm³/mol. The van der Waals surface area contributed by atoms with E-state index in [4.69, 9.17) is 5.11 Å². The number of aliphatic carboxylic acids is 1. The highest BCUT2D eigenvalue weighted by molar-refractivity contribution is 5.83. The van der Waals surface area contributed by atoms with Gasteiger partial charge in [-0.15, -0.1) is 0 Å². The van der Waals surface area contributed by atoms with Gasteiger partial charge in [0.05, 0.1) is 12.0 Å². The second-order valence-corrected chi connectivity index (χ2v) is 5.51. The Balaban J connectivity index is 2.07. The summed E-state index contributed by atoms with van der Waals surface area (Å²) in [5.41, 5.74) is 0. The number of halogens is 3. The number of aliphatic hydroxyl groups excluding tert-OH is 1. The van der Waals surface area contributed by atoms with E-state index < -0.39 is 42.8 Å². The van der Waals surface area contributed by atoms with Crippen molar-refractivity contribution in [3.8, 4) is 0 Å². The van der Waals surface area contributed by atoms with E-state index in [0.29, 0.717) is 0 Å². The number of piperidine rings is 1. The van der Waals surface area contributed by atoms with Gasteiger partial charge in [-0.25, -0.2) is 9.59 Å². The number of likely N-dealkylation sites (tertiary alicyclic amines) is 2. The summed E-state index contributed by atoms with van der Waals surface area (Å²) >= 11 is 0. The lowest BCUT2D eigenvalue weighted by Gasteiger charge is -2.36. The van der Waals surface area contributed by atoms with Gasteiger partial charge in [-0.2, -0.15) is 13.2 Å². The molecule has 6 nitrogen and oxygen atoms in total. The molecule has 0 aromatic rings. The molecule has 21 heavy (non-hydrogen) atoms. The molecule has 0 bridgehead atoms. The van der Waals surface area contributed by atoms with Crippen molar-refractivity contribution in [3.05, 3.63) is 0 Å². The molecule has 9 heteroatoms. The molecule has 0 aromatic carbocycles. The first-order chi connectivity index (χ1) is 9.70. The lowest BCUT2D eigenvalue weighted by Crippen LogP contribution is -2.52. The van der Waals surface area contributed by atoms with Crippen LogP contribution in [0.3, 0.4) is 0 Å². The van der Waals surface area contributed by atoms with Gasteiger partial charge < -0.3 is 20.0 Å². The van der Waals surface area contributed by atoms with Crippen LogP contribution in [0.5, 0.6) is 0 Å². The molecule has 2 fully saturated rings. The topological polar surface area (TPSA) is 81.1 Å².